The lowest BCUT2D eigenvalue weighted by atomic mass is 10.0. The zero-order chi connectivity index (χ0) is 19.3. The van der Waals surface area contributed by atoms with Crippen LogP contribution in [-0.2, 0) is 6.54 Å². The van der Waals surface area contributed by atoms with Crippen molar-refractivity contribution in [3.8, 4) is 22.5 Å². The molecule has 1 atom stereocenters. The van der Waals surface area contributed by atoms with E-state index in [4.69, 9.17) is 5.73 Å². The molecule has 6 heteroatoms. The molecule has 3 N–H and O–H groups in total. The van der Waals surface area contributed by atoms with Gasteiger partial charge in [0.15, 0.2) is 5.78 Å². The number of β-amino-alcohol motifs (C(OH)–C–C–N with tert-alkyl or cyclic N) is 1. The first-order valence-corrected chi connectivity index (χ1v) is 9.41. The lowest BCUT2D eigenvalue weighted by molar-refractivity contribution is 0.104. The molecule has 1 aromatic heterocycles. The molecule has 0 bridgehead atoms. The Hall–Kier alpha value is -3.09. The number of likely N-dealkylation sites (tertiary alicyclic amines) is 1. The molecule has 2 heterocycles. The molecule has 140 valence electrons. The first-order valence-electron chi connectivity index (χ1n) is 9.41. The Labute approximate surface area is 162 Å². The zero-order valence-electron chi connectivity index (χ0n) is 15.3. The molecule has 6 nitrogen and oxygen atoms in total. The predicted octanol–water partition coefficient (Wildman–Crippen LogP) is 2.50. The second-order valence-electron chi connectivity index (χ2n) is 7.41. The minimum Gasteiger partial charge on any atom is -0.392 e. The molecule has 2 aliphatic rings. The standard InChI is InChI=1S/C22H20N4O2/c23-22-24-19(14-4-2-1-3-5-14)18-20(25-22)17-10-13(6-7-16(17)21(18)28)11-26-9-8-15(27)12-26/h1-7,10,15,27H,8-9,11-12H2,(H2,23,24,25). The van der Waals surface area contributed by atoms with Crippen LogP contribution in [0.15, 0.2) is 48.5 Å². The monoisotopic (exact) mass is 372 g/mol. The van der Waals surface area contributed by atoms with Gasteiger partial charge in [0.25, 0.3) is 0 Å². The number of benzene rings is 2. The van der Waals surface area contributed by atoms with Gasteiger partial charge in [-0.1, -0.05) is 42.5 Å². The summed E-state index contributed by atoms with van der Waals surface area (Å²) in [6.07, 6.45) is 0.550. The Balaban J connectivity index is 1.59. The number of nitrogen functional groups attached to an aromatic ring is 1. The molecule has 28 heavy (non-hydrogen) atoms. The van der Waals surface area contributed by atoms with Gasteiger partial charge in [-0.15, -0.1) is 0 Å². The molecular formula is C22H20N4O2. The molecular weight excluding hydrogens is 352 g/mol. The number of carbonyl (C=O) groups is 1. The number of anilines is 1. The third-order valence-electron chi connectivity index (χ3n) is 5.44. The fourth-order valence-corrected chi connectivity index (χ4v) is 4.13. The summed E-state index contributed by atoms with van der Waals surface area (Å²) in [5.74, 6) is 0.0957. The lowest BCUT2D eigenvalue weighted by Crippen LogP contribution is -2.21. The van der Waals surface area contributed by atoms with Crippen LogP contribution >= 0.6 is 0 Å². The second kappa shape index (κ2) is 6.51. The normalized spacial score (nSPS) is 18.3. The number of carbonyl (C=O) groups excluding carboxylic acids is 1. The number of aromatic nitrogens is 2. The highest BCUT2D eigenvalue weighted by Crippen LogP contribution is 2.40. The van der Waals surface area contributed by atoms with Gasteiger partial charge in [-0.05, 0) is 18.1 Å². The van der Waals surface area contributed by atoms with Crippen molar-refractivity contribution in [3.05, 3.63) is 65.2 Å². The number of ketones is 1. The van der Waals surface area contributed by atoms with E-state index in [1.165, 1.54) is 0 Å². The van der Waals surface area contributed by atoms with Crippen LogP contribution in [0.5, 0.6) is 0 Å². The van der Waals surface area contributed by atoms with Crippen molar-refractivity contribution in [2.75, 3.05) is 18.8 Å². The Bertz CT molecular complexity index is 1080. The number of rotatable bonds is 3. The molecule has 3 aromatic rings. The number of aliphatic hydroxyl groups is 1. The summed E-state index contributed by atoms with van der Waals surface area (Å²) in [6, 6.07) is 15.4. The van der Waals surface area contributed by atoms with E-state index in [0.29, 0.717) is 29.1 Å². The number of fused-ring (bicyclic) bond motifs is 3. The minimum atomic E-state index is -0.252. The molecule has 0 spiro atoms. The lowest BCUT2D eigenvalue weighted by Gasteiger charge is -2.15. The van der Waals surface area contributed by atoms with Crippen LogP contribution in [0.3, 0.4) is 0 Å². The third kappa shape index (κ3) is 2.78. The van der Waals surface area contributed by atoms with Gasteiger partial charge in [0.1, 0.15) is 0 Å². The van der Waals surface area contributed by atoms with Crippen LogP contribution < -0.4 is 5.73 Å². The summed E-state index contributed by atoms with van der Waals surface area (Å²) in [4.78, 5) is 24.1. The van der Waals surface area contributed by atoms with Crippen LogP contribution in [-0.4, -0.2) is 45.0 Å². The van der Waals surface area contributed by atoms with E-state index >= 15 is 0 Å². The maximum absolute atomic E-state index is 13.1. The predicted molar refractivity (Wildman–Crippen MR) is 107 cm³/mol. The van der Waals surface area contributed by atoms with E-state index in [1.807, 2.05) is 48.5 Å². The van der Waals surface area contributed by atoms with E-state index in [1.54, 1.807) is 0 Å². The fraction of sp³-hybridized carbons (Fsp3) is 0.227. The van der Waals surface area contributed by atoms with E-state index < -0.39 is 0 Å². The van der Waals surface area contributed by atoms with Crippen molar-refractivity contribution in [2.45, 2.75) is 19.1 Å². The number of aliphatic hydroxyl groups excluding tert-OH is 1. The van der Waals surface area contributed by atoms with Crippen molar-refractivity contribution >= 4 is 11.7 Å². The van der Waals surface area contributed by atoms with E-state index in [2.05, 4.69) is 14.9 Å². The molecule has 1 aliphatic carbocycles. The van der Waals surface area contributed by atoms with E-state index in [0.717, 1.165) is 36.2 Å². The summed E-state index contributed by atoms with van der Waals surface area (Å²) >= 11 is 0. The number of nitrogens with two attached hydrogens (primary N) is 1. The maximum atomic E-state index is 13.1. The van der Waals surface area contributed by atoms with Crippen molar-refractivity contribution in [3.63, 3.8) is 0 Å². The van der Waals surface area contributed by atoms with Crippen LogP contribution in [0.2, 0.25) is 0 Å². The van der Waals surface area contributed by atoms with Crippen LogP contribution in [0.4, 0.5) is 5.95 Å². The molecule has 1 saturated heterocycles. The highest BCUT2D eigenvalue weighted by Gasteiger charge is 2.33. The summed E-state index contributed by atoms with van der Waals surface area (Å²) < 4.78 is 0. The SMILES string of the molecule is Nc1nc(-c2ccccc2)c2c(n1)-c1cc(CN3CCC(O)C3)ccc1C2=O. The molecule has 0 amide bonds. The second-order valence-corrected chi connectivity index (χ2v) is 7.41. The van der Waals surface area contributed by atoms with Crippen LogP contribution in [0, 0.1) is 0 Å². The molecule has 1 aliphatic heterocycles. The van der Waals surface area contributed by atoms with Gasteiger partial charge in [0.2, 0.25) is 5.95 Å². The van der Waals surface area contributed by atoms with Crippen LogP contribution in [0.25, 0.3) is 22.5 Å². The third-order valence-corrected chi connectivity index (χ3v) is 5.44. The van der Waals surface area contributed by atoms with Crippen molar-refractivity contribution in [1.82, 2.24) is 14.9 Å². The maximum Gasteiger partial charge on any atom is 0.221 e. The summed E-state index contributed by atoms with van der Waals surface area (Å²) in [5.41, 5.74) is 11.1. The van der Waals surface area contributed by atoms with Crippen molar-refractivity contribution < 1.29 is 9.90 Å². The van der Waals surface area contributed by atoms with Crippen molar-refractivity contribution in [2.24, 2.45) is 0 Å². The summed E-state index contributed by atoms with van der Waals surface area (Å²) in [6.45, 7) is 2.29. The summed E-state index contributed by atoms with van der Waals surface area (Å²) in [7, 11) is 0. The Kier molecular flexibility index (Phi) is 3.96. The molecule has 5 rings (SSSR count). The highest BCUT2D eigenvalue weighted by atomic mass is 16.3. The number of nitrogens with zero attached hydrogens (tertiary/aromatic N) is 3. The average Bonchev–Trinajstić information content (AvgIpc) is 3.23. The van der Waals surface area contributed by atoms with Gasteiger partial charge in [-0.3, -0.25) is 9.69 Å². The first kappa shape index (κ1) is 17.0. The van der Waals surface area contributed by atoms with E-state index in [-0.39, 0.29) is 17.8 Å². The quantitative estimate of drug-likeness (QED) is 0.574. The van der Waals surface area contributed by atoms with Gasteiger partial charge in [-0.25, -0.2) is 9.97 Å². The molecule has 2 aromatic carbocycles. The van der Waals surface area contributed by atoms with Gasteiger partial charge < -0.3 is 10.8 Å². The van der Waals surface area contributed by atoms with Gasteiger partial charge >= 0.3 is 0 Å². The largest absolute Gasteiger partial charge is 0.392 e. The van der Waals surface area contributed by atoms with E-state index in [9.17, 15) is 9.90 Å². The van der Waals surface area contributed by atoms with Crippen molar-refractivity contribution in [1.29, 1.82) is 0 Å². The molecule has 0 radical (unpaired) electrons. The Morgan fingerprint density at radius 1 is 1.07 bits per heavy atom. The minimum absolute atomic E-state index is 0.0630. The van der Waals surface area contributed by atoms with Gasteiger partial charge in [-0.2, -0.15) is 0 Å². The van der Waals surface area contributed by atoms with Gasteiger partial charge in [0, 0.05) is 36.3 Å². The summed E-state index contributed by atoms with van der Waals surface area (Å²) in [5, 5.41) is 9.75. The number of hydrogen-bond acceptors (Lipinski definition) is 6. The smallest absolute Gasteiger partial charge is 0.221 e. The molecule has 1 unspecified atom stereocenters. The Morgan fingerprint density at radius 2 is 1.86 bits per heavy atom. The molecule has 0 saturated carbocycles. The number of hydrogen-bond donors (Lipinski definition) is 2. The van der Waals surface area contributed by atoms with Crippen LogP contribution in [0.1, 0.15) is 27.9 Å². The zero-order valence-corrected chi connectivity index (χ0v) is 15.3. The Morgan fingerprint density at radius 3 is 2.61 bits per heavy atom. The molecule has 1 fully saturated rings. The van der Waals surface area contributed by atoms with Gasteiger partial charge in [0.05, 0.1) is 23.1 Å². The first-order chi connectivity index (χ1) is 13.6. The highest BCUT2D eigenvalue weighted by molar-refractivity contribution is 6.23. The average molecular weight is 372 g/mol. The fourth-order valence-electron chi connectivity index (χ4n) is 4.13. The topological polar surface area (TPSA) is 92.3 Å².